The van der Waals surface area contributed by atoms with Crippen LogP contribution in [0.2, 0.25) is 5.22 Å². The molecule has 1 fully saturated rings. The summed E-state index contributed by atoms with van der Waals surface area (Å²) in [5.41, 5.74) is 0. The zero-order chi connectivity index (χ0) is 10.7. The summed E-state index contributed by atoms with van der Waals surface area (Å²) in [6, 6.07) is 3.60. The van der Waals surface area contributed by atoms with E-state index in [4.69, 9.17) is 16.0 Å². The molecular weight excluding hydrogens is 214 g/mol. The molecule has 1 aromatic rings. The minimum Gasteiger partial charge on any atom is -0.448 e. The third-order valence-electron chi connectivity index (χ3n) is 2.95. The van der Waals surface area contributed by atoms with Gasteiger partial charge in [0.05, 0.1) is 12.6 Å². The first-order valence-electron chi connectivity index (χ1n) is 5.38. The molecule has 1 aliphatic carbocycles. The van der Waals surface area contributed by atoms with E-state index in [1.165, 1.54) is 0 Å². The van der Waals surface area contributed by atoms with E-state index in [2.05, 4.69) is 5.32 Å². The van der Waals surface area contributed by atoms with Crippen LogP contribution in [-0.2, 0) is 6.54 Å². The molecule has 84 valence electrons. The van der Waals surface area contributed by atoms with Gasteiger partial charge in [0, 0.05) is 6.54 Å². The molecule has 2 atom stereocenters. The van der Waals surface area contributed by atoms with Crippen molar-refractivity contribution in [2.24, 2.45) is 5.92 Å². The zero-order valence-corrected chi connectivity index (χ0v) is 9.33. The molecule has 4 heteroatoms. The molecule has 2 unspecified atom stereocenters. The summed E-state index contributed by atoms with van der Waals surface area (Å²) in [5, 5.41) is 13.3. The first-order chi connectivity index (χ1) is 7.25. The van der Waals surface area contributed by atoms with Crippen molar-refractivity contribution in [2.45, 2.75) is 31.9 Å². The Labute approximate surface area is 94.4 Å². The van der Waals surface area contributed by atoms with Crippen LogP contribution in [0.5, 0.6) is 0 Å². The van der Waals surface area contributed by atoms with Crippen molar-refractivity contribution in [1.29, 1.82) is 0 Å². The van der Waals surface area contributed by atoms with E-state index in [9.17, 15) is 5.11 Å². The van der Waals surface area contributed by atoms with Gasteiger partial charge in [0.2, 0.25) is 0 Å². The van der Waals surface area contributed by atoms with Gasteiger partial charge in [-0.2, -0.15) is 0 Å². The minimum atomic E-state index is -0.127. The van der Waals surface area contributed by atoms with Crippen molar-refractivity contribution in [3.05, 3.63) is 23.1 Å². The zero-order valence-electron chi connectivity index (χ0n) is 8.58. The molecule has 0 saturated heterocycles. The van der Waals surface area contributed by atoms with Crippen LogP contribution in [0.25, 0.3) is 0 Å². The third-order valence-corrected chi connectivity index (χ3v) is 3.16. The number of nitrogens with one attached hydrogen (secondary N) is 1. The Balaban J connectivity index is 1.70. The lowest BCUT2D eigenvalue weighted by atomic mass is 10.1. The highest BCUT2D eigenvalue weighted by Gasteiger charge is 2.24. The van der Waals surface area contributed by atoms with E-state index in [1.54, 1.807) is 6.07 Å². The third kappa shape index (κ3) is 2.97. The fourth-order valence-electron chi connectivity index (χ4n) is 2.08. The van der Waals surface area contributed by atoms with Crippen molar-refractivity contribution < 1.29 is 9.52 Å². The maximum absolute atomic E-state index is 9.61. The molecule has 0 amide bonds. The van der Waals surface area contributed by atoms with Crippen molar-refractivity contribution in [1.82, 2.24) is 5.32 Å². The number of halogens is 1. The number of hydrogen-bond acceptors (Lipinski definition) is 3. The summed E-state index contributed by atoms with van der Waals surface area (Å²) in [5.74, 6) is 1.24. The molecule has 1 saturated carbocycles. The van der Waals surface area contributed by atoms with E-state index in [0.29, 0.717) is 17.7 Å². The van der Waals surface area contributed by atoms with Crippen LogP contribution in [0.1, 0.15) is 25.0 Å². The fraction of sp³-hybridized carbons (Fsp3) is 0.636. The molecule has 0 spiro atoms. The molecule has 3 nitrogen and oxygen atoms in total. The molecule has 1 aromatic heterocycles. The first-order valence-corrected chi connectivity index (χ1v) is 5.76. The topological polar surface area (TPSA) is 45.4 Å². The molecule has 1 aliphatic rings. The normalized spacial score (nSPS) is 26.0. The van der Waals surface area contributed by atoms with Crippen LogP contribution in [0.3, 0.4) is 0 Å². The van der Waals surface area contributed by atoms with Gasteiger partial charge in [0.25, 0.3) is 0 Å². The Hall–Kier alpha value is -0.510. The quantitative estimate of drug-likeness (QED) is 0.832. The molecule has 0 radical (unpaired) electrons. The second-order valence-corrected chi connectivity index (χ2v) is 4.47. The SMILES string of the molecule is OC1CCCC1CNCc1ccc(Cl)o1. The maximum atomic E-state index is 9.61. The Morgan fingerprint density at radius 3 is 2.93 bits per heavy atom. The van der Waals surface area contributed by atoms with Gasteiger partial charge in [-0.25, -0.2) is 0 Å². The monoisotopic (exact) mass is 229 g/mol. The van der Waals surface area contributed by atoms with E-state index < -0.39 is 0 Å². The predicted octanol–water partition coefficient (Wildman–Crippen LogP) is 2.18. The molecular formula is C11H16ClNO2. The van der Waals surface area contributed by atoms with Crippen molar-refractivity contribution in [3.8, 4) is 0 Å². The van der Waals surface area contributed by atoms with Crippen molar-refractivity contribution in [3.63, 3.8) is 0 Å². The van der Waals surface area contributed by atoms with Gasteiger partial charge < -0.3 is 14.8 Å². The highest BCUT2D eigenvalue weighted by molar-refractivity contribution is 6.28. The average Bonchev–Trinajstić information content (AvgIpc) is 2.77. The number of aliphatic hydroxyl groups excluding tert-OH is 1. The first kappa shape index (κ1) is 11.0. The van der Waals surface area contributed by atoms with Crippen LogP contribution in [0.15, 0.2) is 16.5 Å². The van der Waals surface area contributed by atoms with Gasteiger partial charge in [0.1, 0.15) is 5.76 Å². The lowest BCUT2D eigenvalue weighted by Gasteiger charge is -2.14. The summed E-state index contributed by atoms with van der Waals surface area (Å²) in [7, 11) is 0. The minimum absolute atomic E-state index is 0.127. The van der Waals surface area contributed by atoms with Gasteiger partial charge in [-0.1, -0.05) is 6.42 Å². The van der Waals surface area contributed by atoms with Gasteiger partial charge in [-0.15, -0.1) is 0 Å². The fourth-order valence-corrected chi connectivity index (χ4v) is 2.24. The summed E-state index contributed by atoms with van der Waals surface area (Å²) in [4.78, 5) is 0. The molecule has 0 bridgehead atoms. The number of rotatable bonds is 4. The summed E-state index contributed by atoms with van der Waals surface area (Å²) in [6.07, 6.45) is 3.07. The lowest BCUT2D eigenvalue weighted by molar-refractivity contribution is 0.131. The highest BCUT2D eigenvalue weighted by atomic mass is 35.5. The highest BCUT2D eigenvalue weighted by Crippen LogP contribution is 2.24. The largest absolute Gasteiger partial charge is 0.448 e. The Morgan fingerprint density at radius 1 is 1.47 bits per heavy atom. The van der Waals surface area contributed by atoms with Crippen molar-refractivity contribution >= 4 is 11.6 Å². The van der Waals surface area contributed by atoms with Gasteiger partial charge in [-0.3, -0.25) is 0 Å². The number of aliphatic hydroxyl groups is 1. The van der Waals surface area contributed by atoms with E-state index in [0.717, 1.165) is 31.6 Å². The molecule has 0 aliphatic heterocycles. The molecule has 2 rings (SSSR count). The number of hydrogen-bond donors (Lipinski definition) is 2. The smallest absolute Gasteiger partial charge is 0.193 e. The average molecular weight is 230 g/mol. The van der Waals surface area contributed by atoms with Gasteiger partial charge in [0.15, 0.2) is 5.22 Å². The molecule has 15 heavy (non-hydrogen) atoms. The van der Waals surface area contributed by atoms with Crippen LogP contribution < -0.4 is 5.32 Å². The molecule has 2 N–H and O–H groups in total. The number of furan rings is 1. The second-order valence-electron chi connectivity index (χ2n) is 4.10. The van der Waals surface area contributed by atoms with Crippen LogP contribution >= 0.6 is 11.6 Å². The van der Waals surface area contributed by atoms with E-state index in [1.807, 2.05) is 6.07 Å². The van der Waals surface area contributed by atoms with Gasteiger partial charge >= 0.3 is 0 Å². The van der Waals surface area contributed by atoms with Crippen LogP contribution in [-0.4, -0.2) is 17.8 Å². The Kier molecular flexibility index (Phi) is 3.67. The standard InChI is InChI=1S/C11H16ClNO2/c12-11-5-4-9(15-11)7-13-6-8-2-1-3-10(8)14/h4-5,8,10,13-14H,1-3,6-7H2. The molecule has 1 heterocycles. The van der Waals surface area contributed by atoms with Crippen LogP contribution in [0, 0.1) is 5.92 Å². The summed E-state index contributed by atoms with van der Waals surface area (Å²) >= 11 is 5.66. The second kappa shape index (κ2) is 5.01. The van der Waals surface area contributed by atoms with Gasteiger partial charge in [-0.05, 0) is 42.5 Å². The maximum Gasteiger partial charge on any atom is 0.193 e. The van der Waals surface area contributed by atoms with Crippen LogP contribution in [0.4, 0.5) is 0 Å². The summed E-state index contributed by atoms with van der Waals surface area (Å²) < 4.78 is 5.22. The lowest BCUT2D eigenvalue weighted by Crippen LogP contribution is -2.27. The van der Waals surface area contributed by atoms with Crippen molar-refractivity contribution in [2.75, 3.05) is 6.54 Å². The Bertz CT molecular complexity index is 313. The Morgan fingerprint density at radius 2 is 2.33 bits per heavy atom. The molecule has 0 aromatic carbocycles. The van der Waals surface area contributed by atoms with E-state index in [-0.39, 0.29) is 6.10 Å². The summed E-state index contributed by atoms with van der Waals surface area (Å²) in [6.45, 7) is 1.52. The van der Waals surface area contributed by atoms with E-state index >= 15 is 0 Å². The predicted molar refractivity (Wildman–Crippen MR) is 58.8 cm³/mol.